The second-order valence-corrected chi connectivity index (χ2v) is 7.30. The van der Waals surface area contributed by atoms with Crippen molar-refractivity contribution in [1.82, 2.24) is 15.2 Å². The molecule has 0 aliphatic carbocycles. The summed E-state index contributed by atoms with van der Waals surface area (Å²) in [4.78, 5) is 8.15. The van der Waals surface area contributed by atoms with Gasteiger partial charge in [-0.25, -0.2) is 15.0 Å². The Morgan fingerprint density at radius 1 is 0.862 bits per heavy atom. The quantitative estimate of drug-likeness (QED) is 0.293. The molecule has 1 N–H and O–H groups in total. The van der Waals surface area contributed by atoms with Gasteiger partial charge in [-0.05, 0) is 13.8 Å². The van der Waals surface area contributed by atoms with Crippen LogP contribution in [0.1, 0.15) is 13.8 Å². The smallest absolute Gasteiger partial charge is 0.290 e. The van der Waals surface area contributed by atoms with E-state index in [9.17, 15) is 4.57 Å². The first-order chi connectivity index (χ1) is 14.1. The fourth-order valence-corrected chi connectivity index (χ4v) is 3.48. The Morgan fingerprint density at radius 2 is 1.41 bits per heavy atom. The number of hydrogen-bond donors (Lipinski definition) is 1. The summed E-state index contributed by atoms with van der Waals surface area (Å²) in [5, 5.41) is 12.0. The van der Waals surface area contributed by atoms with Gasteiger partial charge in [-0.1, -0.05) is 70.8 Å². The van der Waals surface area contributed by atoms with Crippen molar-refractivity contribution >= 4 is 13.7 Å². The number of nitrogens with one attached hydrogen (secondary N) is 1. The molecular weight excluding hydrogens is 391 g/mol. The highest BCUT2D eigenvalue weighted by Gasteiger charge is 2.23. The summed E-state index contributed by atoms with van der Waals surface area (Å²) in [5.74, 6) is 0.104. The van der Waals surface area contributed by atoms with Crippen LogP contribution in [0.4, 0.5) is 5.95 Å². The highest BCUT2D eigenvalue weighted by molar-refractivity contribution is 7.52. The zero-order chi connectivity index (χ0) is 20.5. The lowest BCUT2D eigenvalue weighted by molar-refractivity contribution is 0.219. The Morgan fingerprint density at radius 3 is 1.97 bits per heavy atom. The molecule has 3 aromatic rings. The Labute approximate surface area is 168 Å². The zero-order valence-corrected chi connectivity index (χ0v) is 17.0. The topological polar surface area (TPSA) is 111 Å². The summed E-state index contributed by atoms with van der Waals surface area (Å²) in [6.07, 6.45) is 0. The minimum atomic E-state index is -3.66. The average Bonchev–Trinajstić information content (AvgIpc) is 2.75. The van der Waals surface area contributed by atoms with Gasteiger partial charge in [0.05, 0.1) is 13.2 Å². The number of anilines is 1. The van der Waals surface area contributed by atoms with Gasteiger partial charge in [0, 0.05) is 11.1 Å². The largest absolute Gasteiger partial charge is 0.473 e. The van der Waals surface area contributed by atoms with Gasteiger partial charge in [-0.2, -0.15) is 0 Å². The molecule has 9 nitrogen and oxygen atoms in total. The molecule has 0 saturated heterocycles. The van der Waals surface area contributed by atoms with E-state index < -0.39 is 7.75 Å². The third-order valence-electron chi connectivity index (χ3n) is 3.67. The summed E-state index contributed by atoms with van der Waals surface area (Å²) in [6.45, 7) is 3.74. The summed E-state index contributed by atoms with van der Waals surface area (Å²) in [6, 6.07) is 19.3. The van der Waals surface area contributed by atoms with Gasteiger partial charge in [0.15, 0.2) is 0 Å². The van der Waals surface area contributed by atoms with Gasteiger partial charge < -0.3 is 0 Å². The molecule has 0 radical (unpaired) electrons. The number of rotatable bonds is 9. The zero-order valence-electron chi connectivity index (χ0n) is 16.1. The fraction of sp³-hybridized carbons (Fsp3) is 0.211. The van der Waals surface area contributed by atoms with Gasteiger partial charge in [0.2, 0.25) is 0 Å². The van der Waals surface area contributed by atoms with Crippen LogP contribution in [0.2, 0.25) is 0 Å². The number of hydrogen-bond acceptors (Lipinski definition) is 7. The predicted molar refractivity (Wildman–Crippen MR) is 110 cm³/mol. The lowest BCUT2D eigenvalue weighted by Gasteiger charge is -2.10. The van der Waals surface area contributed by atoms with Gasteiger partial charge in [-0.15, -0.1) is 10.2 Å². The minimum absolute atomic E-state index is 0.104. The maximum Gasteiger partial charge on any atom is 0.473 e. The number of benzene rings is 2. The SMILES string of the molecule is CCOP(=O)(/N=N/Nc1nnc(-c2ccccc2)c(-c2ccccc2)n1)OCC. The van der Waals surface area contributed by atoms with E-state index in [0.717, 1.165) is 11.1 Å². The van der Waals surface area contributed by atoms with Crippen molar-refractivity contribution in [1.29, 1.82) is 0 Å². The third-order valence-corrected chi connectivity index (χ3v) is 5.15. The molecule has 0 fully saturated rings. The van der Waals surface area contributed by atoms with Crippen LogP contribution < -0.4 is 5.43 Å². The van der Waals surface area contributed by atoms with Crippen LogP contribution in [0.25, 0.3) is 22.5 Å². The van der Waals surface area contributed by atoms with Crippen molar-refractivity contribution in [3.8, 4) is 22.5 Å². The molecule has 0 aliphatic heterocycles. The minimum Gasteiger partial charge on any atom is -0.290 e. The van der Waals surface area contributed by atoms with Gasteiger partial charge in [0.1, 0.15) is 11.4 Å². The maximum atomic E-state index is 12.3. The standard InChI is InChI=1S/C19H21N6O3P/c1-3-27-29(26,28-4-2)25-24-23-19-20-17(15-11-7-5-8-12-15)18(21-22-19)16-13-9-6-10-14-16/h5-14H,3-4H2,1-2H3,(H,20,22,23,25,26). The van der Waals surface area contributed by atoms with E-state index in [1.807, 2.05) is 60.7 Å². The van der Waals surface area contributed by atoms with Crippen molar-refractivity contribution in [2.75, 3.05) is 18.6 Å². The number of nitrogens with zero attached hydrogens (tertiary/aromatic N) is 5. The lowest BCUT2D eigenvalue weighted by atomic mass is 10.0. The summed E-state index contributed by atoms with van der Waals surface area (Å²) < 4.78 is 22.4. The van der Waals surface area contributed by atoms with Crippen LogP contribution in [0.15, 0.2) is 70.8 Å². The first-order valence-corrected chi connectivity index (χ1v) is 10.6. The first kappa shape index (κ1) is 20.7. The number of aromatic nitrogens is 3. The van der Waals surface area contributed by atoms with E-state index >= 15 is 0 Å². The Hall–Kier alpha value is -3.00. The molecule has 0 aliphatic rings. The molecular formula is C19H21N6O3P. The van der Waals surface area contributed by atoms with E-state index in [1.54, 1.807) is 13.8 Å². The van der Waals surface area contributed by atoms with E-state index in [4.69, 9.17) is 9.05 Å². The third kappa shape index (κ3) is 5.51. The summed E-state index contributed by atoms with van der Waals surface area (Å²) >= 11 is 0. The van der Waals surface area contributed by atoms with Gasteiger partial charge in [0.25, 0.3) is 5.95 Å². The lowest BCUT2D eigenvalue weighted by Crippen LogP contribution is -2.02. The molecule has 0 bridgehead atoms. The second kappa shape index (κ2) is 9.97. The average molecular weight is 412 g/mol. The van der Waals surface area contributed by atoms with Crippen molar-refractivity contribution in [2.24, 2.45) is 10.1 Å². The highest BCUT2D eigenvalue weighted by atomic mass is 31.2. The molecule has 0 spiro atoms. The van der Waals surface area contributed by atoms with Gasteiger partial charge in [-0.3, -0.25) is 9.05 Å². The predicted octanol–water partition coefficient (Wildman–Crippen LogP) is 5.17. The first-order valence-electron chi connectivity index (χ1n) is 9.08. The van der Waals surface area contributed by atoms with Crippen molar-refractivity contribution in [3.05, 3.63) is 60.7 Å². The molecule has 2 aromatic carbocycles. The molecule has 150 valence electrons. The fourth-order valence-electron chi connectivity index (χ4n) is 2.50. The summed E-state index contributed by atoms with van der Waals surface area (Å²) in [5.41, 5.74) is 5.56. The second-order valence-electron chi connectivity index (χ2n) is 5.67. The molecule has 0 unspecified atom stereocenters. The molecule has 29 heavy (non-hydrogen) atoms. The van der Waals surface area contributed by atoms with Crippen LogP contribution >= 0.6 is 7.75 Å². The van der Waals surface area contributed by atoms with Crippen LogP contribution in [-0.4, -0.2) is 28.4 Å². The molecule has 1 aromatic heterocycles. The molecule has 0 saturated carbocycles. The normalized spacial score (nSPS) is 11.7. The molecule has 3 rings (SSSR count). The van der Waals surface area contributed by atoms with E-state index in [0.29, 0.717) is 11.4 Å². The maximum absolute atomic E-state index is 12.3. The Bertz CT molecular complexity index is 991. The van der Waals surface area contributed by atoms with Crippen LogP contribution in [0, 0.1) is 0 Å². The molecule has 0 atom stereocenters. The monoisotopic (exact) mass is 412 g/mol. The van der Waals surface area contributed by atoms with E-state index in [-0.39, 0.29) is 19.2 Å². The highest BCUT2D eigenvalue weighted by Crippen LogP contribution is 2.49. The van der Waals surface area contributed by atoms with Crippen molar-refractivity contribution < 1.29 is 13.6 Å². The molecule has 0 amide bonds. The van der Waals surface area contributed by atoms with Crippen LogP contribution in [-0.2, 0) is 13.6 Å². The van der Waals surface area contributed by atoms with Crippen molar-refractivity contribution in [3.63, 3.8) is 0 Å². The molecule has 1 heterocycles. The van der Waals surface area contributed by atoms with Gasteiger partial charge >= 0.3 is 7.75 Å². The Kier molecular flexibility index (Phi) is 7.13. The Balaban J connectivity index is 1.92. The van der Waals surface area contributed by atoms with Crippen molar-refractivity contribution in [2.45, 2.75) is 13.8 Å². The van der Waals surface area contributed by atoms with Crippen LogP contribution in [0.5, 0.6) is 0 Å². The van der Waals surface area contributed by atoms with E-state index in [1.165, 1.54) is 0 Å². The summed E-state index contributed by atoms with van der Waals surface area (Å²) in [7, 11) is -3.66. The molecule has 10 heteroatoms. The van der Waals surface area contributed by atoms with E-state index in [2.05, 4.69) is 30.7 Å². The van der Waals surface area contributed by atoms with Crippen LogP contribution in [0.3, 0.4) is 0 Å².